The molecule has 0 spiro atoms. The van der Waals surface area contributed by atoms with E-state index in [0.29, 0.717) is 10.0 Å². The largest absolute Gasteiger partial charge is 0.308 e. The number of halogens is 2. The first-order valence-corrected chi connectivity index (χ1v) is 6.59. The molecule has 0 unspecified atom stereocenters. The van der Waals surface area contributed by atoms with E-state index in [1.54, 1.807) is 0 Å². The maximum absolute atomic E-state index is 6.01. The van der Waals surface area contributed by atoms with Crippen molar-refractivity contribution >= 4 is 23.2 Å². The lowest BCUT2D eigenvalue weighted by atomic mass is 10.2. The molecule has 0 bridgehead atoms. The van der Waals surface area contributed by atoms with Crippen molar-refractivity contribution < 1.29 is 0 Å². The zero-order chi connectivity index (χ0) is 12.8. The van der Waals surface area contributed by atoms with Gasteiger partial charge in [-0.1, -0.05) is 36.2 Å². The Morgan fingerprint density at radius 3 is 2.29 bits per heavy atom. The fourth-order valence-corrected chi connectivity index (χ4v) is 1.91. The molecule has 1 aromatic rings. The first-order chi connectivity index (χ1) is 8.02. The van der Waals surface area contributed by atoms with Crippen molar-refractivity contribution in [3.63, 3.8) is 0 Å². The summed E-state index contributed by atoms with van der Waals surface area (Å²) in [5.74, 6) is 0. The third-order valence-corrected chi connectivity index (χ3v) is 3.44. The standard InChI is InChI=1S/C13H20Cl2N2/c1-4-17(8-7-16(2)3)10-11-5-6-12(14)13(15)9-11/h5-6,9H,4,7-8,10H2,1-3H3. The van der Waals surface area contributed by atoms with Crippen molar-refractivity contribution in [3.05, 3.63) is 33.8 Å². The molecule has 2 nitrogen and oxygen atoms in total. The van der Waals surface area contributed by atoms with E-state index >= 15 is 0 Å². The van der Waals surface area contributed by atoms with Crippen molar-refractivity contribution in [2.24, 2.45) is 0 Å². The molecule has 0 saturated carbocycles. The molecule has 17 heavy (non-hydrogen) atoms. The van der Waals surface area contributed by atoms with Crippen LogP contribution in [0, 0.1) is 0 Å². The molecule has 4 heteroatoms. The summed E-state index contributed by atoms with van der Waals surface area (Å²) in [5.41, 5.74) is 1.21. The Morgan fingerprint density at radius 2 is 1.76 bits per heavy atom. The molecule has 0 N–H and O–H groups in total. The minimum Gasteiger partial charge on any atom is -0.308 e. The van der Waals surface area contributed by atoms with Crippen LogP contribution in [0.15, 0.2) is 18.2 Å². The molecule has 96 valence electrons. The topological polar surface area (TPSA) is 6.48 Å². The monoisotopic (exact) mass is 274 g/mol. The van der Waals surface area contributed by atoms with Crippen molar-refractivity contribution in [1.29, 1.82) is 0 Å². The molecular formula is C13H20Cl2N2. The quantitative estimate of drug-likeness (QED) is 0.785. The molecule has 1 aromatic carbocycles. The summed E-state index contributed by atoms with van der Waals surface area (Å²) in [7, 11) is 4.18. The second kappa shape index (κ2) is 7.22. The van der Waals surface area contributed by atoms with Gasteiger partial charge in [0, 0.05) is 19.6 Å². The van der Waals surface area contributed by atoms with Crippen molar-refractivity contribution in [3.8, 4) is 0 Å². The van der Waals surface area contributed by atoms with Crippen LogP contribution in [0.3, 0.4) is 0 Å². The second-order valence-electron chi connectivity index (χ2n) is 4.42. The number of hydrogen-bond donors (Lipinski definition) is 0. The van der Waals surface area contributed by atoms with E-state index in [9.17, 15) is 0 Å². The molecule has 0 atom stereocenters. The lowest BCUT2D eigenvalue weighted by Crippen LogP contribution is -2.31. The van der Waals surface area contributed by atoms with Gasteiger partial charge in [-0.3, -0.25) is 4.90 Å². The van der Waals surface area contributed by atoms with Crippen LogP contribution in [0.1, 0.15) is 12.5 Å². The van der Waals surface area contributed by atoms with Gasteiger partial charge in [-0.25, -0.2) is 0 Å². The molecule has 0 radical (unpaired) electrons. The Bertz CT molecular complexity index is 353. The number of hydrogen-bond acceptors (Lipinski definition) is 2. The average molecular weight is 275 g/mol. The van der Waals surface area contributed by atoms with Crippen LogP contribution in [0.5, 0.6) is 0 Å². The van der Waals surface area contributed by atoms with E-state index in [0.717, 1.165) is 26.2 Å². The minimum absolute atomic E-state index is 0.617. The van der Waals surface area contributed by atoms with Crippen LogP contribution < -0.4 is 0 Å². The number of likely N-dealkylation sites (N-methyl/N-ethyl adjacent to an activating group) is 2. The highest BCUT2D eigenvalue weighted by Gasteiger charge is 2.06. The van der Waals surface area contributed by atoms with Gasteiger partial charge in [0.2, 0.25) is 0 Å². The normalized spacial score (nSPS) is 11.5. The number of benzene rings is 1. The van der Waals surface area contributed by atoms with Gasteiger partial charge in [-0.15, -0.1) is 0 Å². The Morgan fingerprint density at radius 1 is 1.06 bits per heavy atom. The zero-order valence-electron chi connectivity index (χ0n) is 10.7. The van der Waals surface area contributed by atoms with E-state index in [1.165, 1.54) is 5.56 Å². The SMILES string of the molecule is CCN(CCN(C)C)Cc1ccc(Cl)c(Cl)c1. The summed E-state index contributed by atoms with van der Waals surface area (Å²) >= 11 is 11.9. The van der Waals surface area contributed by atoms with Gasteiger partial charge in [-0.05, 0) is 38.3 Å². The number of rotatable bonds is 6. The third-order valence-electron chi connectivity index (χ3n) is 2.70. The summed E-state index contributed by atoms with van der Waals surface area (Å²) in [4.78, 5) is 4.58. The highest BCUT2D eigenvalue weighted by molar-refractivity contribution is 6.42. The first-order valence-electron chi connectivity index (χ1n) is 5.84. The maximum Gasteiger partial charge on any atom is 0.0595 e. The van der Waals surface area contributed by atoms with Gasteiger partial charge >= 0.3 is 0 Å². The maximum atomic E-state index is 6.01. The van der Waals surface area contributed by atoms with E-state index in [4.69, 9.17) is 23.2 Å². The minimum atomic E-state index is 0.617. The highest BCUT2D eigenvalue weighted by atomic mass is 35.5. The predicted octanol–water partition coefficient (Wildman–Crippen LogP) is 3.38. The van der Waals surface area contributed by atoms with E-state index < -0.39 is 0 Å². The Kier molecular flexibility index (Phi) is 6.28. The van der Waals surface area contributed by atoms with Gasteiger partial charge in [0.05, 0.1) is 10.0 Å². The fraction of sp³-hybridized carbons (Fsp3) is 0.538. The van der Waals surface area contributed by atoms with Crippen LogP contribution in [0.2, 0.25) is 10.0 Å². The molecule has 0 aliphatic carbocycles. The van der Waals surface area contributed by atoms with Crippen molar-refractivity contribution in [2.45, 2.75) is 13.5 Å². The Balaban J connectivity index is 2.57. The molecule has 0 aliphatic heterocycles. The van der Waals surface area contributed by atoms with Gasteiger partial charge in [-0.2, -0.15) is 0 Å². The highest BCUT2D eigenvalue weighted by Crippen LogP contribution is 2.23. The molecule has 0 aromatic heterocycles. The second-order valence-corrected chi connectivity index (χ2v) is 5.23. The lowest BCUT2D eigenvalue weighted by molar-refractivity contribution is 0.244. The molecule has 0 amide bonds. The summed E-state index contributed by atoms with van der Waals surface area (Å²) in [6, 6.07) is 5.84. The van der Waals surface area contributed by atoms with Crippen LogP contribution in [-0.4, -0.2) is 43.5 Å². The van der Waals surface area contributed by atoms with Crippen LogP contribution in [0.4, 0.5) is 0 Å². The van der Waals surface area contributed by atoms with Crippen LogP contribution >= 0.6 is 23.2 Å². The molecule has 0 saturated heterocycles. The average Bonchev–Trinajstić information content (AvgIpc) is 2.28. The van der Waals surface area contributed by atoms with Gasteiger partial charge in [0.1, 0.15) is 0 Å². The smallest absolute Gasteiger partial charge is 0.0595 e. The molecule has 1 rings (SSSR count). The van der Waals surface area contributed by atoms with E-state index in [-0.39, 0.29) is 0 Å². The summed E-state index contributed by atoms with van der Waals surface area (Å²) in [6.07, 6.45) is 0. The summed E-state index contributed by atoms with van der Waals surface area (Å²) < 4.78 is 0. The third kappa shape index (κ3) is 5.26. The predicted molar refractivity (Wildman–Crippen MR) is 76.0 cm³/mol. The zero-order valence-corrected chi connectivity index (χ0v) is 12.2. The van der Waals surface area contributed by atoms with E-state index in [1.807, 2.05) is 18.2 Å². The molecular weight excluding hydrogens is 255 g/mol. The Labute approximate surface area is 114 Å². The molecule has 0 heterocycles. The summed E-state index contributed by atoms with van der Waals surface area (Å²) in [5, 5.41) is 1.25. The lowest BCUT2D eigenvalue weighted by Gasteiger charge is -2.22. The van der Waals surface area contributed by atoms with E-state index in [2.05, 4.69) is 30.8 Å². The van der Waals surface area contributed by atoms with Crippen LogP contribution in [-0.2, 0) is 6.54 Å². The van der Waals surface area contributed by atoms with Crippen molar-refractivity contribution in [1.82, 2.24) is 9.80 Å². The van der Waals surface area contributed by atoms with Gasteiger partial charge in [0.25, 0.3) is 0 Å². The number of nitrogens with zero attached hydrogens (tertiary/aromatic N) is 2. The molecule has 0 fully saturated rings. The summed E-state index contributed by atoms with van der Waals surface area (Å²) in [6.45, 7) is 6.25. The first kappa shape index (κ1) is 14.8. The van der Waals surface area contributed by atoms with Crippen molar-refractivity contribution in [2.75, 3.05) is 33.7 Å². The Hall–Kier alpha value is -0.280. The van der Waals surface area contributed by atoms with Gasteiger partial charge in [0.15, 0.2) is 0 Å². The molecule has 0 aliphatic rings. The fourth-order valence-electron chi connectivity index (χ4n) is 1.59. The van der Waals surface area contributed by atoms with Crippen LogP contribution in [0.25, 0.3) is 0 Å². The van der Waals surface area contributed by atoms with Gasteiger partial charge < -0.3 is 4.90 Å².